The van der Waals surface area contributed by atoms with Crippen molar-refractivity contribution in [1.29, 1.82) is 0 Å². The molecule has 1 aliphatic carbocycles. The maximum atomic E-state index is 9.03. The molecule has 0 aromatic rings. The fraction of sp³-hybridized carbons (Fsp3) is 1.00. The maximum absolute atomic E-state index is 9.03. The first-order valence-electron chi connectivity index (χ1n) is 7.14. The Morgan fingerprint density at radius 2 is 1.88 bits per heavy atom. The monoisotopic (exact) mass is 225 g/mol. The van der Waals surface area contributed by atoms with E-state index < -0.39 is 0 Å². The van der Waals surface area contributed by atoms with Crippen molar-refractivity contribution in [3.63, 3.8) is 0 Å². The summed E-state index contributed by atoms with van der Waals surface area (Å²) in [7, 11) is 0. The Balaban J connectivity index is 1.80. The summed E-state index contributed by atoms with van der Waals surface area (Å²) in [5, 5.41) is 9.03. The molecule has 1 N–H and O–H groups in total. The summed E-state index contributed by atoms with van der Waals surface area (Å²) in [5.41, 5.74) is 0. The number of nitrogens with zero attached hydrogens (tertiary/aromatic N) is 1. The Hall–Kier alpha value is -0.0800. The topological polar surface area (TPSA) is 23.5 Å². The lowest BCUT2D eigenvalue weighted by molar-refractivity contribution is 0.0796. The molecule has 0 aromatic heterocycles. The molecule has 0 aromatic carbocycles. The van der Waals surface area contributed by atoms with Gasteiger partial charge in [-0.05, 0) is 63.3 Å². The van der Waals surface area contributed by atoms with Crippen LogP contribution >= 0.6 is 0 Å². The van der Waals surface area contributed by atoms with Crippen LogP contribution < -0.4 is 0 Å². The van der Waals surface area contributed by atoms with Crippen molar-refractivity contribution in [2.24, 2.45) is 11.8 Å². The first-order valence-corrected chi connectivity index (χ1v) is 7.14. The van der Waals surface area contributed by atoms with Gasteiger partial charge in [-0.15, -0.1) is 0 Å². The van der Waals surface area contributed by atoms with Crippen LogP contribution in [0.15, 0.2) is 0 Å². The van der Waals surface area contributed by atoms with Crippen LogP contribution in [0.25, 0.3) is 0 Å². The van der Waals surface area contributed by atoms with Gasteiger partial charge in [-0.25, -0.2) is 0 Å². The molecule has 2 heteroatoms. The third kappa shape index (κ3) is 3.21. The van der Waals surface area contributed by atoms with Gasteiger partial charge in [-0.3, -0.25) is 0 Å². The van der Waals surface area contributed by atoms with Gasteiger partial charge in [-0.2, -0.15) is 0 Å². The molecule has 1 aliphatic heterocycles. The molecule has 0 radical (unpaired) electrons. The van der Waals surface area contributed by atoms with Gasteiger partial charge in [0.15, 0.2) is 0 Å². The quantitative estimate of drug-likeness (QED) is 0.798. The molecule has 1 atom stereocenters. The fourth-order valence-corrected chi connectivity index (χ4v) is 3.45. The van der Waals surface area contributed by atoms with Crippen LogP contribution in [-0.2, 0) is 0 Å². The van der Waals surface area contributed by atoms with Crippen LogP contribution in [-0.4, -0.2) is 35.7 Å². The Morgan fingerprint density at radius 1 is 1.12 bits per heavy atom. The minimum Gasteiger partial charge on any atom is -0.396 e. The molecule has 16 heavy (non-hydrogen) atoms. The third-order valence-electron chi connectivity index (χ3n) is 4.59. The van der Waals surface area contributed by atoms with Gasteiger partial charge in [0.25, 0.3) is 0 Å². The first kappa shape index (κ1) is 12.4. The molecule has 2 nitrogen and oxygen atoms in total. The number of piperidine rings is 1. The van der Waals surface area contributed by atoms with Gasteiger partial charge >= 0.3 is 0 Å². The Labute approximate surface area is 100 Å². The normalized spacial score (nSPS) is 37.5. The summed E-state index contributed by atoms with van der Waals surface area (Å²) in [6.45, 7) is 5.32. The Kier molecular flexibility index (Phi) is 4.66. The van der Waals surface area contributed by atoms with Crippen LogP contribution in [0.3, 0.4) is 0 Å². The molecule has 2 rings (SSSR count). The van der Waals surface area contributed by atoms with E-state index in [1.165, 1.54) is 51.6 Å². The number of likely N-dealkylation sites (tertiary alicyclic amines) is 1. The van der Waals surface area contributed by atoms with Gasteiger partial charge in [0.1, 0.15) is 0 Å². The lowest BCUT2D eigenvalue weighted by atomic mass is 9.84. The molecule has 2 fully saturated rings. The van der Waals surface area contributed by atoms with Crippen molar-refractivity contribution < 1.29 is 5.11 Å². The highest BCUT2D eigenvalue weighted by atomic mass is 16.3. The van der Waals surface area contributed by atoms with Crippen molar-refractivity contribution in [3.05, 3.63) is 0 Å². The molecule has 0 bridgehead atoms. The van der Waals surface area contributed by atoms with Gasteiger partial charge in [-0.1, -0.05) is 6.92 Å². The smallest absolute Gasteiger partial charge is 0.0434 e. The van der Waals surface area contributed by atoms with E-state index in [0.29, 0.717) is 6.61 Å². The minimum absolute atomic E-state index is 0.375. The van der Waals surface area contributed by atoms with Crippen LogP contribution in [0.1, 0.15) is 51.9 Å². The van der Waals surface area contributed by atoms with E-state index in [1.54, 1.807) is 0 Å². The number of hydrogen-bond acceptors (Lipinski definition) is 2. The SMILES string of the molecule is CC1CCC(N2CCCC(CCO)C2)CC1. The second-order valence-corrected chi connectivity index (χ2v) is 5.93. The highest BCUT2D eigenvalue weighted by molar-refractivity contribution is 4.82. The summed E-state index contributed by atoms with van der Waals surface area (Å²) in [5.74, 6) is 1.72. The highest BCUT2D eigenvalue weighted by Crippen LogP contribution is 2.30. The molecular weight excluding hydrogens is 198 g/mol. The van der Waals surface area contributed by atoms with Crippen molar-refractivity contribution in [2.75, 3.05) is 19.7 Å². The number of aliphatic hydroxyl groups excluding tert-OH is 1. The van der Waals surface area contributed by atoms with E-state index >= 15 is 0 Å². The zero-order valence-corrected chi connectivity index (χ0v) is 10.7. The lowest BCUT2D eigenvalue weighted by Gasteiger charge is -2.41. The first-order chi connectivity index (χ1) is 7.79. The Morgan fingerprint density at radius 3 is 2.56 bits per heavy atom. The van der Waals surface area contributed by atoms with E-state index in [4.69, 9.17) is 5.11 Å². The average molecular weight is 225 g/mol. The van der Waals surface area contributed by atoms with Gasteiger partial charge < -0.3 is 10.0 Å². The predicted molar refractivity (Wildman–Crippen MR) is 67.4 cm³/mol. The molecule has 1 unspecified atom stereocenters. The van der Waals surface area contributed by atoms with Gasteiger partial charge in [0, 0.05) is 19.2 Å². The lowest BCUT2D eigenvalue weighted by Crippen LogP contribution is -2.44. The van der Waals surface area contributed by atoms with Crippen LogP contribution in [0.5, 0.6) is 0 Å². The zero-order valence-electron chi connectivity index (χ0n) is 10.7. The molecule has 1 saturated carbocycles. The Bertz CT molecular complexity index is 197. The third-order valence-corrected chi connectivity index (χ3v) is 4.59. The number of rotatable bonds is 3. The summed E-state index contributed by atoms with van der Waals surface area (Å²) in [6.07, 6.45) is 9.36. The van der Waals surface area contributed by atoms with Crippen molar-refractivity contribution >= 4 is 0 Å². The number of aliphatic hydroxyl groups is 1. The molecule has 0 amide bonds. The maximum Gasteiger partial charge on any atom is 0.0434 e. The van der Waals surface area contributed by atoms with Gasteiger partial charge in [0.05, 0.1) is 0 Å². The molecule has 2 aliphatic rings. The minimum atomic E-state index is 0.375. The number of hydrogen-bond donors (Lipinski definition) is 1. The molecule has 94 valence electrons. The van der Waals surface area contributed by atoms with E-state index in [9.17, 15) is 0 Å². The van der Waals surface area contributed by atoms with E-state index in [-0.39, 0.29) is 0 Å². The average Bonchev–Trinajstić information content (AvgIpc) is 2.31. The second-order valence-electron chi connectivity index (χ2n) is 5.93. The summed E-state index contributed by atoms with van der Waals surface area (Å²) in [4.78, 5) is 2.72. The van der Waals surface area contributed by atoms with Crippen LogP contribution in [0, 0.1) is 11.8 Å². The second kappa shape index (κ2) is 6.02. The van der Waals surface area contributed by atoms with Crippen LogP contribution in [0.2, 0.25) is 0 Å². The van der Waals surface area contributed by atoms with E-state index in [0.717, 1.165) is 24.3 Å². The molecule has 1 saturated heterocycles. The highest BCUT2D eigenvalue weighted by Gasteiger charge is 2.28. The van der Waals surface area contributed by atoms with Crippen molar-refractivity contribution in [3.8, 4) is 0 Å². The molecular formula is C14H27NO. The van der Waals surface area contributed by atoms with Gasteiger partial charge in [0.2, 0.25) is 0 Å². The summed E-state index contributed by atoms with van der Waals surface area (Å²) >= 11 is 0. The standard InChI is InChI=1S/C14H27NO/c1-12-4-6-14(7-5-12)15-9-2-3-13(11-15)8-10-16/h12-14,16H,2-11H2,1H3. The zero-order chi connectivity index (χ0) is 11.4. The molecule has 1 heterocycles. The summed E-state index contributed by atoms with van der Waals surface area (Å²) < 4.78 is 0. The largest absolute Gasteiger partial charge is 0.396 e. The van der Waals surface area contributed by atoms with E-state index in [1.807, 2.05) is 0 Å². The molecule has 0 spiro atoms. The summed E-state index contributed by atoms with van der Waals surface area (Å²) in [6, 6.07) is 0.859. The van der Waals surface area contributed by atoms with Crippen LogP contribution in [0.4, 0.5) is 0 Å². The van der Waals surface area contributed by atoms with Crippen molar-refractivity contribution in [2.45, 2.75) is 57.9 Å². The fourth-order valence-electron chi connectivity index (χ4n) is 3.45. The van der Waals surface area contributed by atoms with Crippen molar-refractivity contribution in [1.82, 2.24) is 4.90 Å². The van der Waals surface area contributed by atoms with E-state index in [2.05, 4.69) is 11.8 Å². The predicted octanol–water partition coefficient (Wildman–Crippen LogP) is 2.66.